The fraction of sp³-hybridized carbons (Fsp3) is 0.692. The van der Waals surface area contributed by atoms with Gasteiger partial charge in [-0.1, -0.05) is 28.1 Å². The van der Waals surface area contributed by atoms with Crippen LogP contribution in [0.15, 0.2) is 28.7 Å². The first-order valence-corrected chi connectivity index (χ1v) is 12.6. The van der Waals surface area contributed by atoms with Crippen LogP contribution in [0.5, 0.6) is 0 Å². The Bertz CT molecular complexity index is 801. The largest absolute Gasteiger partial charge is 0.460 e. The number of nitrogens with zero attached hydrogens (tertiary/aromatic N) is 1. The zero-order valence-corrected chi connectivity index (χ0v) is 21.9. The topological polar surface area (TPSA) is 55.8 Å². The fourth-order valence-electron chi connectivity index (χ4n) is 4.67. The number of carbonyl (C=O) groups is 2. The van der Waals surface area contributed by atoms with E-state index in [0.29, 0.717) is 18.3 Å². The van der Waals surface area contributed by atoms with Gasteiger partial charge in [-0.25, -0.2) is 4.79 Å². The van der Waals surface area contributed by atoms with Crippen LogP contribution in [0.2, 0.25) is 0 Å². The Morgan fingerprint density at radius 3 is 2.03 bits per heavy atom. The van der Waals surface area contributed by atoms with Crippen molar-refractivity contribution in [1.29, 1.82) is 0 Å². The highest BCUT2D eigenvalue weighted by molar-refractivity contribution is 9.10. The SMILES string of the molecule is CC(C)(C)OC(=O)CC1CCC(N(C(=O)OC(C)(C)C)[C@H]2C[C@@H]2c2ccc(Br)cc2)CC1. The summed E-state index contributed by atoms with van der Waals surface area (Å²) in [5, 5.41) is 0. The molecule has 2 atom stereocenters. The second-order valence-electron chi connectivity index (χ2n) is 11.3. The van der Waals surface area contributed by atoms with Gasteiger partial charge in [-0.15, -0.1) is 0 Å². The predicted molar refractivity (Wildman–Crippen MR) is 130 cm³/mol. The van der Waals surface area contributed by atoms with Crippen LogP contribution in [0.3, 0.4) is 0 Å². The molecule has 5 nitrogen and oxygen atoms in total. The first-order valence-electron chi connectivity index (χ1n) is 11.8. The molecule has 3 rings (SSSR count). The minimum Gasteiger partial charge on any atom is -0.460 e. The van der Waals surface area contributed by atoms with Gasteiger partial charge in [0, 0.05) is 28.9 Å². The summed E-state index contributed by atoms with van der Waals surface area (Å²) in [6.45, 7) is 11.5. The third-order valence-corrected chi connectivity index (χ3v) is 6.63. The normalized spacial score (nSPS) is 25.7. The van der Waals surface area contributed by atoms with Crippen LogP contribution in [0, 0.1) is 5.92 Å². The van der Waals surface area contributed by atoms with Gasteiger partial charge >= 0.3 is 12.1 Å². The molecule has 0 N–H and O–H groups in total. The molecular formula is C26H38BrNO4. The number of benzene rings is 1. The predicted octanol–water partition coefficient (Wildman–Crippen LogP) is 6.83. The summed E-state index contributed by atoms with van der Waals surface area (Å²) in [6, 6.07) is 8.73. The molecule has 0 saturated heterocycles. The van der Waals surface area contributed by atoms with Gasteiger partial charge in [-0.05, 0) is 97.3 Å². The molecule has 1 amide bonds. The summed E-state index contributed by atoms with van der Waals surface area (Å²) in [4.78, 5) is 27.5. The van der Waals surface area contributed by atoms with E-state index >= 15 is 0 Å². The minimum absolute atomic E-state index is 0.123. The molecule has 1 aromatic carbocycles. The second-order valence-corrected chi connectivity index (χ2v) is 12.2. The van der Waals surface area contributed by atoms with Gasteiger partial charge in [0.15, 0.2) is 0 Å². The third kappa shape index (κ3) is 7.23. The number of rotatable bonds is 5. The van der Waals surface area contributed by atoms with E-state index in [9.17, 15) is 9.59 Å². The number of carbonyl (C=O) groups excluding carboxylic acids is 2. The van der Waals surface area contributed by atoms with Crippen LogP contribution >= 0.6 is 15.9 Å². The molecule has 0 radical (unpaired) electrons. The highest BCUT2D eigenvalue weighted by Gasteiger charge is 2.49. The van der Waals surface area contributed by atoms with Gasteiger partial charge in [0.1, 0.15) is 11.2 Å². The monoisotopic (exact) mass is 507 g/mol. The highest BCUT2D eigenvalue weighted by atomic mass is 79.9. The fourth-order valence-corrected chi connectivity index (χ4v) is 4.94. The molecule has 0 unspecified atom stereocenters. The minimum atomic E-state index is -0.523. The van der Waals surface area contributed by atoms with Crippen molar-refractivity contribution in [3.8, 4) is 0 Å². The number of esters is 1. The Morgan fingerprint density at radius 2 is 1.50 bits per heavy atom. The van der Waals surface area contributed by atoms with Gasteiger partial charge < -0.3 is 14.4 Å². The van der Waals surface area contributed by atoms with E-state index in [1.165, 1.54) is 5.56 Å². The molecular weight excluding hydrogens is 470 g/mol. The second kappa shape index (κ2) is 9.74. The molecule has 0 aromatic heterocycles. The van der Waals surface area contributed by atoms with E-state index in [1.807, 2.05) is 46.4 Å². The lowest BCUT2D eigenvalue weighted by Gasteiger charge is -2.38. The van der Waals surface area contributed by atoms with Crippen molar-refractivity contribution in [1.82, 2.24) is 4.90 Å². The number of halogens is 1. The van der Waals surface area contributed by atoms with E-state index in [2.05, 4.69) is 40.2 Å². The molecule has 32 heavy (non-hydrogen) atoms. The summed E-state index contributed by atoms with van der Waals surface area (Å²) >= 11 is 3.50. The Morgan fingerprint density at radius 1 is 0.938 bits per heavy atom. The lowest BCUT2D eigenvalue weighted by Crippen LogP contribution is -2.46. The smallest absolute Gasteiger partial charge is 0.410 e. The molecule has 2 fully saturated rings. The van der Waals surface area contributed by atoms with Crippen LogP contribution in [0.25, 0.3) is 0 Å². The first kappa shape index (κ1) is 25.1. The van der Waals surface area contributed by atoms with Crippen LogP contribution in [0.4, 0.5) is 4.79 Å². The summed E-state index contributed by atoms with van der Waals surface area (Å²) in [6.07, 6.45) is 4.88. The van der Waals surface area contributed by atoms with Gasteiger partial charge in [-0.2, -0.15) is 0 Å². The average Bonchev–Trinajstić information content (AvgIpc) is 3.41. The first-order chi connectivity index (χ1) is 14.8. The van der Waals surface area contributed by atoms with E-state index in [1.54, 1.807) is 0 Å². The van der Waals surface area contributed by atoms with Crippen LogP contribution in [-0.4, -0.2) is 40.2 Å². The lowest BCUT2D eigenvalue weighted by molar-refractivity contribution is -0.156. The molecule has 0 spiro atoms. The van der Waals surface area contributed by atoms with Crippen LogP contribution in [-0.2, 0) is 14.3 Å². The maximum atomic E-state index is 13.2. The average molecular weight is 508 g/mol. The Balaban J connectivity index is 1.64. The van der Waals surface area contributed by atoms with Crippen molar-refractivity contribution in [3.63, 3.8) is 0 Å². The number of hydrogen-bond acceptors (Lipinski definition) is 4. The molecule has 2 aliphatic rings. The molecule has 2 aliphatic carbocycles. The highest BCUT2D eigenvalue weighted by Crippen LogP contribution is 2.48. The Hall–Kier alpha value is -1.56. The zero-order chi connectivity index (χ0) is 23.7. The van der Waals surface area contributed by atoms with Gasteiger partial charge in [0.05, 0.1) is 0 Å². The van der Waals surface area contributed by atoms with Gasteiger partial charge in [0.25, 0.3) is 0 Å². The summed E-state index contributed by atoms with van der Waals surface area (Å²) in [5.41, 5.74) is 0.298. The number of amides is 1. The van der Waals surface area contributed by atoms with Crippen molar-refractivity contribution in [2.75, 3.05) is 0 Å². The number of hydrogen-bond donors (Lipinski definition) is 0. The molecule has 1 aromatic rings. The summed E-state index contributed by atoms with van der Waals surface area (Å²) < 4.78 is 12.4. The maximum absolute atomic E-state index is 13.2. The van der Waals surface area contributed by atoms with Gasteiger partial charge in [-0.3, -0.25) is 4.79 Å². The van der Waals surface area contributed by atoms with Crippen molar-refractivity contribution in [3.05, 3.63) is 34.3 Å². The molecule has 0 bridgehead atoms. The molecule has 2 saturated carbocycles. The van der Waals surface area contributed by atoms with E-state index in [0.717, 1.165) is 36.6 Å². The van der Waals surface area contributed by atoms with Crippen LogP contribution in [0.1, 0.15) is 91.5 Å². The Kier molecular flexibility index (Phi) is 7.63. The van der Waals surface area contributed by atoms with Crippen LogP contribution < -0.4 is 0 Å². The summed E-state index contributed by atoms with van der Waals surface area (Å²) in [7, 11) is 0. The maximum Gasteiger partial charge on any atom is 0.410 e. The third-order valence-electron chi connectivity index (χ3n) is 6.10. The Labute approximate surface area is 201 Å². The number of ether oxygens (including phenoxy) is 2. The lowest BCUT2D eigenvalue weighted by atomic mass is 9.83. The molecule has 178 valence electrons. The summed E-state index contributed by atoms with van der Waals surface area (Å²) in [5.74, 6) is 0.556. The van der Waals surface area contributed by atoms with Crippen molar-refractivity contribution in [2.24, 2.45) is 5.92 Å². The standard InChI is InChI=1S/C26H38BrNO4/c1-25(2,3)31-23(29)15-17-7-13-20(14-8-17)28(24(30)32-26(4,5)6)22-16-21(22)18-9-11-19(27)12-10-18/h9-12,17,20-22H,7-8,13-16H2,1-6H3/t17?,20?,21-,22+/m1/s1. The van der Waals surface area contributed by atoms with Crippen molar-refractivity contribution in [2.45, 2.75) is 109 Å². The van der Waals surface area contributed by atoms with Crippen molar-refractivity contribution < 1.29 is 19.1 Å². The molecule has 0 aliphatic heterocycles. The molecule has 0 heterocycles. The van der Waals surface area contributed by atoms with E-state index in [-0.39, 0.29) is 24.1 Å². The zero-order valence-electron chi connectivity index (χ0n) is 20.3. The quantitative estimate of drug-likeness (QED) is 0.409. The van der Waals surface area contributed by atoms with Gasteiger partial charge in [0.2, 0.25) is 0 Å². The van der Waals surface area contributed by atoms with Crippen molar-refractivity contribution >= 4 is 28.0 Å². The molecule has 6 heteroatoms. The van der Waals surface area contributed by atoms with E-state index in [4.69, 9.17) is 9.47 Å². The van der Waals surface area contributed by atoms with E-state index < -0.39 is 11.2 Å².